The first-order valence-electron chi connectivity index (χ1n) is 7.95. The van der Waals surface area contributed by atoms with Gasteiger partial charge in [0.2, 0.25) is 5.91 Å². The summed E-state index contributed by atoms with van der Waals surface area (Å²) in [4.78, 5) is 12.0. The van der Waals surface area contributed by atoms with Crippen molar-refractivity contribution >= 4 is 23.5 Å². The molecule has 0 aliphatic carbocycles. The lowest BCUT2D eigenvalue weighted by Gasteiger charge is -2.04. The molecule has 1 aromatic carbocycles. The number of anilines is 1. The fourth-order valence-electron chi connectivity index (χ4n) is 2.24. The van der Waals surface area contributed by atoms with Crippen LogP contribution in [0.4, 0.5) is 5.82 Å². The summed E-state index contributed by atoms with van der Waals surface area (Å²) >= 11 is 1.17. The summed E-state index contributed by atoms with van der Waals surface area (Å²) in [6, 6.07) is 9.50. The molecule has 0 aliphatic rings. The maximum atomic E-state index is 12.0. The third-order valence-electron chi connectivity index (χ3n) is 3.40. The molecule has 0 aliphatic heterocycles. The largest absolute Gasteiger partial charge is 0.484 e. The van der Waals surface area contributed by atoms with Crippen LogP contribution in [0.1, 0.15) is 17.1 Å². The van der Waals surface area contributed by atoms with Crippen molar-refractivity contribution in [1.29, 1.82) is 0 Å². The molecule has 0 bridgehead atoms. The molecule has 3 aromatic rings. The molecule has 1 amide bonds. The lowest BCUT2D eigenvalue weighted by molar-refractivity contribution is -0.113. The first-order valence-corrected chi connectivity index (χ1v) is 8.93. The molecule has 2 heterocycles. The van der Waals surface area contributed by atoms with Crippen LogP contribution in [0.2, 0.25) is 0 Å². The molecule has 8 nitrogen and oxygen atoms in total. The van der Waals surface area contributed by atoms with Gasteiger partial charge in [0.1, 0.15) is 11.6 Å². The van der Waals surface area contributed by atoms with E-state index in [9.17, 15) is 4.79 Å². The van der Waals surface area contributed by atoms with Crippen LogP contribution in [-0.2, 0) is 18.4 Å². The zero-order valence-corrected chi connectivity index (χ0v) is 15.5. The molecule has 0 unspecified atom stereocenters. The van der Waals surface area contributed by atoms with Gasteiger partial charge in [0.25, 0.3) is 11.1 Å². The van der Waals surface area contributed by atoms with Gasteiger partial charge >= 0.3 is 0 Å². The minimum atomic E-state index is -0.172. The molecule has 0 fully saturated rings. The predicted molar refractivity (Wildman–Crippen MR) is 97.1 cm³/mol. The summed E-state index contributed by atoms with van der Waals surface area (Å²) in [5.41, 5.74) is 1.95. The molecular formula is C17H19N5O3S. The van der Waals surface area contributed by atoms with E-state index in [-0.39, 0.29) is 18.3 Å². The Kier molecular flexibility index (Phi) is 5.57. The predicted octanol–water partition coefficient (Wildman–Crippen LogP) is 2.73. The molecule has 0 spiro atoms. The van der Waals surface area contributed by atoms with Gasteiger partial charge in [0.05, 0.1) is 11.4 Å². The molecule has 1 N–H and O–H groups in total. The Hall–Kier alpha value is -2.81. The lowest BCUT2D eigenvalue weighted by Crippen LogP contribution is -2.16. The fourth-order valence-corrected chi connectivity index (χ4v) is 2.82. The smallest absolute Gasteiger partial charge is 0.277 e. The van der Waals surface area contributed by atoms with Crippen molar-refractivity contribution < 1.29 is 13.9 Å². The molecule has 0 saturated carbocycles. The van der Waals surface area contributed by atoms with E-state index in [1.807, 2.05) is 38.1 Å². The van der Waals surface area contributed by atoms with Crippen LogP contribution in [0, 0.1) is 13.8 Å². The van der Waals surface area contributed by atoms with Gasteiger partial charge in [-0.05, 0) is 31.5 Å². The first-order chi connectivity index (χ1) is 12.5. The second-order valence-corrected chi connectivity index (χ2v) is 6.62. The quantitative estimate of drug-likeness (QED) is 0.636. The summed E-state index contributed by atoms with van der Waals surface area (Å²) in [6.45, 7) is 4.03. The van der Waals surface area contributed by atoms with Crippen molar-refractivity contribution in [2.45, 2.75) is 25.7 Å². The Morgan fingerprint density at radius 2 is 2.15 bits per heavy atom. The van der Waals surface area contributed by atoms with E-state index in [1.54, 1.807) is 17.8 Å². The average molecular weight is 373 g/mol. The van der Waals surface area contributed by atoms with E-state index in [0.717, 1.165) is 17.0 Å². The van der Waals surface area contributed by atoms with Crippen molar-refractivity contribution in [3.63, 3.8) is 0 Å². The number of carbonyl (C=O) groups excluding carboxylic acids is 1. The fraction of sp³-hybridized carbons (Fsp3) is 0.294. The maximum Gasteiger partial charge on any atom is 0.277 e. The molecule has 0 saturated heterocycles. The van der Waals surface area contributed by atoms with Gasteiger partial charge in [-0.3, -0.25) is 9.48 Å². The standard InChI is InChI=1S/C17H19N5O3S/c1-11-5-4-6-13(7-11)24-9-16-19-20-17(25-16)26-10-15(23)18-14-8-12(2)21-22(14)3/h4-8H,9-10H2,1-3H3,(H,18,23). The van der Waals surface area contributed by atoms with Crippen molar-refractivity contribution in [3.05, 3.63) is 47.5 Å². The Bertz CT molecular complexity index is 905. The van der Waals surface area contributed by atoms with Gasteiger partial charge in [-0.15, -0.1) is 10.2 Å². The van der Waals surface area contributed by atoms with E-state index in [4.69, 9.17) is 9.15 Å². The van der Waals surface area contributed by atoms with Crippen molar-refractivity contribution in [1.82, 2.24) is 20.0 Å². The molecule has 3 rings (SSSR count). The number of aryl methyl sites for hydroxylation is 3. The van der Waals surface area contributed by atoms with Crippen LogP contribution >= 0.6 is 11.8 Å². The highest BCUT2D eigenvalue weighted by atomic mass is 32.2. The Morgan fingerprint density at radius 1 is 1.31 bits per heavy atom. The Morgan fingerprint density at radius 3 is 2.88 bits per heavy atom. The number of nitrogens with zero attached hydrogens (tertiary/aromatic N) is 4. The number of hydrogen-bond acceptors (Lipinski definition) is 7. The number of aromatic nitrogens is 4. The SMILES string of the molecule is Cc1cccc(OCc2nnc(SCC(=O)Nc3cc(C)nn3C)o2)c1. The van der Waals surface area contributed by atoms with Crippen LogP contribution in [0.3, 0.4) is 0 Å². The zero-order chi connectivity index (χ0) is 18.5. The van der Waals surface area contributed by atoms with Gasteiger partial charge < -0.3 is 14.5 Å². The third-order valence-corrected chi connectivity index (χ3v) is 4.21. The van der Waals surface area contributed by atoms with Crippen molar-refractivity contribution in [2.75, 3.05) is 11.1 Å². The van der Waals surface area contributed by atoms with E-state index >= 15 is 0 Å². The number of rotatable bonds is 7. The highest BCUT2D eigenvalue weighted by Gasteiger charge is 2.12. The second-order valence-electron chi connectivity index (χ2n) is 5.70. The van der Waals surface area contributed by atoms with Crippen LogP contribution < -0.4 is 10.1 Å². The number of ether oxygens (including phenoxy) is 1. The van der Waals surface area contributed by atoms with E-state index in [0.29, 0.717) is 16.9 Å². The van der Waals surface area contributed by atoms with Crippen LogP contribution in [-0.4, -0.2) is 31.6 Å². The Balaban J connectivity index is 1.47. The molecule has 0 radical (unpaired) electrons. The first kappa shape index (κ1) is 18.0. The second kappa shape index (κ2) is 8.05. The molecular weight excluding hydrogens is 354 g/mol. The maximum absolute atomic E-state index is 12.0. The number of carbonyl (C=O) groups is 1. The summed E-state index contributed by atoms with van der Waals surface area (Å²) in [7, 11) is 1.77. The van der Waals surface area contributed by atoms with E-state index in [2.05, 4.69) is 20.6 Å². The normalized spacial score (nSPS) is 10.7. The minimum absolute atomic E-state index is 0.157. The summed E-state index contributed by atoms with van der Waals surface area (Å²) in [5.74, 6) is 1.73. The number of benzene rings is 1. The average Bonchev–Trinajstić information content (AvgIpc) is 3.17. The topological polar surface area (TPSA) is 95.1 Å². The molecule has 9 heteroatoms. The number of amides is 1. The molecule has 136 valence electrons. The zero-order valence-electron chi connectivity index (χ0n) is 14.7. The monoisotopic (exact) mass is 373 g/mol. The van der Waals surface area contributed by atoms with Crippen LogP contribution in [0.15, 0.2) is 40.0 Å². The van der Waals surface area contributed by atoms with Gasteiger partial charge in [-0.1, -0.05) is 23.9 Å². The lowest BCUT2D eigenvalue weighted by atomic mass is 10.2. The van der Waals surface area contributed by atoms with E-state index < -0.39 is 0 Å². The number of thioether (sulfide) groups is 1. The van der Waals surface area contributed by atoms with Gasteiger partial charge in [0, 0.05) is 13.1 Å². The molecule has 2 aromatic heterocycles. The minimum Gasteiger partial charge on any atom is -0.484 e. The third kappa shape index (κ3) is 4.85. The highest BCUT2D eigenvalue weighted by Crippen LogP contribution is 2.19. The van der Waals surface area contributed by atoms with Gasteiger partial charge in [-0.25, -0.2) is 0 Å². The van der Waals surface area contributed by atoms with Gasteiger partial charge in [-0.2, -0.15) is 5.10 Å². The number of nitrogens with one attached hydrogen (secondary N) is 1. The highest BCUT2D eigenvalue weighted by molar-refractivity contribution is 7.99. The Labute approximate surface area is 154 Å². The van der Waals surface area contributed by atoms with Crippen molar-refractivity contribution in [3.8, 4) is 5.75 Å². The van der Waals surface area contributed by atoms with Crippen LogP contribution in [0.25, 0.3) is 0 Å². The molecule has 0 atom stereocenters. The summed E-state index contributed by atoms with van der Waals surface area (Å²) in [6.07, 6.45) is 0. The number of hydrogen-bond donors (Lipinski definition) is 1. The van der Waals surface area contributed by atoms with Gasteiger partial charge in [0.15, 0.2) is 6.61 Å². The van der Waals surface area contributed by atoms with E-state index in [1.165, 1.54) is 11.8 Å². The molecule has 26 heavy (non-hydrogen) atoms. The van der Waals surface area contributed by atoms with Crippen molar-refractivity contribution in [2.24, 2.45) is 7.05 Å². The van der Waals surface area contributed by atoms with Crippen LogP contribution in [0.5, 0.6) is 5.75 Å². The summed E-state index contributed by atoms with van der Waals surface area (Å²) < 4.78 is 12.7. The summed E-state index contributed by atoms with van der Waals surface area (Å²) in [5, 5.41) is 15.1.